The molecule has 0 bridgehead atoms. The molecule has 1 aliphatic rings. The fourth-order valence-corrected chi connectivity index (χ4v) is 4.46. The first-order chi connectivity index (χ1) is 11.7. The molecule has 130 valence electrons. The Morgan fingerprint density at radius 3 is 2.68 bits per heavy atom. The number of nitrogens with zero attached hydrogens (tertiary/aromatic N) is 2. The van der Waals surface area contributed by atoms with Gasteiger partial charge in [-0.1, -0.05) is 23.7 Å². The minimum Gasteiger partial charge on any atom is -0.301 e. The van der Waals surface area contributed by atoms with Crippen molar-refractivity contribution in [2.75, 3.05) is 13.6 Å². The lowest BCUT2D eigenvalue weighted by molar-refractivity contribution is 0.294. The number of nitriles is 1. The van der Waals surface area contributed by atoms with Gasteiger partial charge in [0.25, 0.3) is 0 Å². The molecule has 1 heterocycles. The van der Waals surface area contributed by atoms with Crippen molar-refractivity contribution >= 4 is 21.6 Å². The Morgan fingerprint density at radius 1 is 1.32 bits per heavy atom. The Bertz CT molecular complexity index is 996. The molecule has 0 spiro atoms. The van der Waals surface area contributed by atoms with E-state index >= 15 is 0 Å². The molecule has 1 aliphatic heterocycles. The average molecular weight is 376 g/mol. The highest BCUT2D eigenvalue weighted by Gasteiger charge is 2.28. The van der Waals surface area contributed by atoms with E-state index in [9.17, 15) is 13.7 Å². The predicted octanol–water partition coefficient (Wildman–Crippen LogP) is 2.74. The van der Waals surface area contributed by atoms with Crippen molar-refractivity contribution in [3.63, 3.8) is 0 Å². The molecular weight excluding hydrogens is 358 g/mol. The number of rotatable bonds is 2. The summed E-state index contributed by atoms with van der Waals surface area (Å²) in [6.07, 6.45) is 0. The van der Waals surface area contributed by atoms with Crippen molar-refractivity contribution in [2.45, 2.75) is 24.3 Å². The lowest BCUT2D eigenvalue weighted by atomic mass is 9.83. The standard InChI is InChI=1S/C18H18ClN3O2S/c1-11-3-4-12(6-18(11)25(21,23)24)16-9-22(2)10-17-13(8-20)5-14(19)7-15(16)17/h3-7,16H,9-10H2,1-2H3,(H2,21,23,24). The Balaban J connectivity index is 2.21. The summed E-state index contributed by atoms with van der Waals surface area (Å²) >= 11 is 6.20. The van der Waals surface area contributed by atoms with Crippen molar-refractivity contribution in [1.82, 2.24) is 4.90 Å². The van der Waals surface area contributed by atoms with Crippen molar-refractivity contribution in [3.8, 4) is 6.07 Å². The molecule has 0 aromatic heterocycles. The molecule has 0 fully saturated rings. The van der Waals surface area contributed by atoms with Crippen LogP contribution in [0.3, 0.4) is 0 Å². The number of hydrogen-bond acceptors (Lipinski definition) is 4. The summed E-state index contributed by atoms with van der Waals surface area (Å²) in [5.74, 6) is -0.0827. The van der Waals surface area contributed by atoms with Crippen molar-refractivity contribution in [1.29, 1.82) is 5.26 Å². The first-order valence-electron chi connectivity index (χ1n) is 7.75. The second-order valence-corrected chi connectivity index (χ2v) is 8.42. The largest absolute Gasteiger partial charge is 0.301 e. The molecule has 0 saturated heterocycles. The predicted molar refractivity (Wildman–Crippen MR) is 96.9 cm³/mol. The number of sulfonamides is 1. The van der Waals surface area contributed by atoms with Crippen LogP contribution in [-0.2, 0) is 16.6 Å². The minimum absolute atomic E-state index is 0.0827. The second-order valence-electron chi connectivity index (χ2n) is 6.45. The zero-order chi connectivity index (χ0) is 18.4. The molecular formula is C18H18ClN3O2S. The monoisotopic (exact) mass is 375 g/mol. The molecule has 0 saturated carbocycles. The van der Waals surface area contributed by atoms with Crippen LogP contribution in [0.2, 0.25) is 5.02 Å². The first-order valence-corrected chi connectivity index (χ1v) is 9.67. The topological polar surface area (TPSA) is 87.2 Å². The lowest BCUT2D eigenvalue weighted by Gasteiger charge is -2.33. The van der Waals surface area contributed by atoms with Gasteiger partial charge in [0.2, 0.25) is 10.0 Å². The maximum atomic E-state index is 11.9. The van der Waals surface area contributed by atoms with E-state index in [4.69, 9.17) is 16.7 Å². The number of halogens is 1. The molecule has 1 atom stereocenters. The molecule has 5 nitrogen and oxygen atoms in total. The van der Waals surface area contributed by atoms with Crippen LogP contribution in [0.25, 0.3) is 0 Å². The van der Waals surface area contributed by atoms with Crippen LogP contribution in [0, 0.1) is 18.3 Å². The van der Waals surface area contributed by atoms with E-state index in [1.165, 1.54) is 0 Å². The number of nitrogens with two attached hydrogens (primary N) is 1. The van der Waals surface area contributed by atoms with Gasteiger partial charge in [0, 0.05) is 24.0 Å². The highest BCUT2D eigenvalue weighted by atomic mass is 35.5. The van der Waals surface area contributed by atoms with Crippen LogP contribution in [0.15, 0.2) is 35.2 Å². The maximum Gasteiger partial charge on any atom is 0.238 e. The van der Waals surface area contributed by atoms with Gasteiger partial charge < -0.3 is 4.90 Å². The van der Waals surface area contributed by atoms with E-state index in [2.05, 4.69) is 11.0 Å². The molecule has 7 heteroatoms. The fourth-order valence-electron chi connectivity index (χ4n) is 3.41. The van der Waals surface area contributed by atoms with Gasteiger partial charge in [-0.05, 0) is 54.4 Å². The van der Waals surface area contributed by atoms with Crippen LogP contribution >= 0.6 is 11.6 Å². The summed E-state index contributed by atoms with van der Waals surface area (Å²) in [6.45, 7) is 3.07. The number of hydrogen-bond donors (Lipinski definition) is 1. The van der Waals surface area contributed by atoms with Gasteiger partial charge in [0.15, 0.2) is 0 Å². The van der Waals surface area contributed by atoms with Crippen molar-refractivity contribution < 1.29 is 8.42 Å². The second kappa shape index (κ2) is 6.43. The van der Waals surface area contributed by atoms with Gasteiger partial charge in [-0.25, -0.2) is 13.6 Å². The normalized spacial score (nSPS) is 17.8. The smallest absolute Gasteiger partial charge is 0.238 e. The Kier molecular flexibility index (Phi) is 4.60. The molecule has 0 radical (unpaired) electrons. The van der Waals surface area contributed by atoms with Crippen LogP contribution in [-0.4, -0.2) is 26.9 Å². The molecule has 0 amide bonds. The summed E-state index contributed by atoms with van der Waals surface area (Å²) < 4.78 is 23.7. The van der Waals surface area contributed by atoms with Crippen molar-refractivity contribution in [3.05, 3.63) is 63.2 Å². The summed E-state index contributed by atoms with van der Waals surface area (Å²) in [5.41, 5.74) is 3.90. The fraction of sp³-hybridized carbons (Fsp3) is 0.278. The minimum atomic E-state index is -3.80. The summed E-state index contributed by atoms with van der Waals surface area (Å²) in [7, 11) is -1.83. The highest BCUT2D eigenvalue weighted by molar-refractivity contribution is 7.89. The van der Waals surface area contributed by atoms with Gasteiger partial charge in [0.05, 0.1) is 16.5 Å². The van der Waals surface area contributed by atoms with Gasteiger partial charge in [-0.2, -0.15) is 5.26 Å². The lowest BCUT2D eigenvalue weighted by Crippen LogP contribution is -2.31. The SMILES string of the molecule is Cc1ccc(C2CN(C)Cc3c(C#N)cc(Cl)cc32)cc1S(N)(=O)=O. The van der Waals surface area contributed by atoms with E-state index in [0.29, 0.717) is 29.2 Å². The molecule has 1 unspecified atom stereocenters. The van der Waals surface area contributed by atoms with Gasteiger partial charge in [-0.3, -0.25) is 0 Å². The highest BCUT2D eigenvalue weighted by Crippen LogP contribution is 2.37. The number of fused-ring (bicyclic) bond motifs is 1. The molecule has 25 heavy (non-hydrogen) atoms. The van der Waals surface area contributed by atoms with Gasteiger partial charge >= 0.3 is 0 Å². The molecule has 2 aromatic rings. The third kappa shape index (κ3) is 3.42. The number of primary sulfonamides is 1. The van der Waals surface area contributed by atoms with Crippen LogP contribution in [0.1, 0.15) is 33.7 Å². The van der Waals surface area contributed by atoms with Gasteiger partial charge in [-0.15, -0.1) is 0 Å². The maximum absolute atomic E-state index is 11.9. The van der Waals surface area contributed by atoms with Gasteiger partial charge in [0.1, 0.15) is 0 Å². The third-order valence-corrected chi connectivity index (χ3v) is 5.86. The zero-order valence-corrected chi connectivity index (χ0v) is 15.5. The Hall–Kier alpha value is -1.91. The van der Waals surface area contributed by atoms with Crippen LogP contribution < -0.4 is 5.14 Å². The van der Waals surface area contributed by atoms with Crippen LogP contribution in [0.5, 0.6) is 0 Å². The van der Waals surface area contributed by atoms with Crippen LogP contribution in [0.4, 0.5) is 0 Å². The average Bonchev–Trinajstić information content (AvgIpc) is 2.53. The number of aryl methyl sites for hydroxylation is 1. The van der Waals surface area contributed by atoms with E-state index < -0.39 is 10.0 Å². The molecule has 2 aromatic carbocycles. The number of benzene rings is 2. The zero-order valence-electron chi connectivity index (χ0n) is 14.0. The quantitative estimate of drug-likeness (QED) is 0.874. The molecule has 0 aliphatic carbocycles. The molecule has 2 N–H and O–H groups in total. The molecule has 3 rings (SSSR count). The number of likely N-dealkylation sites (N-methyl/N-ethyl adjacent to an activating group) is 1. The van der Waals surface area contributed by atoms with E-state index in [0.717, 1.165) is 16.7 Å². The first kappa shape index (κ1) is 17.9. The summed E-state index contributed by atoms with van der Waals surface area (Å²) in [6, 6.07) is 11.0. The summed E-state index contributed by atoms with van der Waals surface area (Å²) in [5, 5.41) is 15.3. The summed E-state index contributed by atoms with van der Waals surface area (Å²) in [4.78, 5) is 2.24. The Morgan fingerprint density at radius 2 is 2.04 bits per heavy atom. The Labute approximate surface area is 152 Å². The van der Waals surface area contributed by atoms with E-state index in [-0.39, 0.29) is 10.8 Å². The van der Waals surface area contributed by atoms with E-state index in [1.807, 2.05) is 19.2 Å². The third-order valence-electron chi connectivity index (χ3n) is 4.59. The van der Waals surface area contributed by atoms with Crippen molar-refractivity contribution in [2.24, 2.45) is 5.14 Å². The van der Waals surface area contributed by atoms with E-state index in [1.54, 1.807) is 25.1 Å².